The van der Waals surface area contributed by atoms with Crippen molar-refractivity contribution in [2.45, 2.75) is 44.7 Å². The van der Waals surface area contributed by atoms with Gasteiger partial charge >= 0.3 is 0 Å². The zero-order chi connectivity index (χ0) is 19.2. The van der Waals surface area contributed by atoms with Crippen LogP contribution in [0.1, 0.15) is 42.1 Å². The van der Waals surface area contributed by atoms with E-state index in [9.17, 15) is 18.0 Å². The number of aryl methyl sites for hydroxylation is 1. The van der Waals surface area contributed by atoms with Gasteiger partial charge in [0.05, 0.1) is 23.6 Å². The van der Waals surface area contributed by atoms with Gasteiger partial charge in [0.25, 0.3) is 5.91 Å². The molecule has 2 heterocycles. The Bertz CT molecular complexity index is 862. The minimum atomic E-state index is -3.26. The lowest BCUT2D eigenvalue weighted by molar-refractivity contribution is -0.143. The standard InChI is InChI=1S/C20H26N2O4S/c1-2-14-6-3-4-9-16(14)20(24)22-11-10-21(19(23)15-7-5-8-15)17-12-27(25,26)13-18(17)22/h3-4,6,9,15,17-18H,2,5,7-8,10-13H2,1H3/t17-,18+/m1/s1. The highest BCUT2D eigenvalue weighted by molar-refractivity contribution is 7.91. The van der Waals surface area contributed by atoms with Crippen LogP contribution in [0.2, 0.25) is 0 Å². The monoisotopic (exact) mass is 390 g/mol. The molecule has 0 radical (unpaired) electrons. The molecule has 1 aromatic carbocycles. The second-order valence-corrected chi connectivity index (χ2v) is 10.0. The van der Waals surface area contributed by atoms with Crippen LogP contribution in [0.4, 0.5) is 0 Å². The first-order valence-electron chi connectivity index (χ1n) is 9.81. The summed E-state index contributed by atoms with van der Waals surface area (Å²) in [5, 5.41) is 0. The molecule has 6 nitrogen and oxygen atoms in total. The second kappa shape index (κ2) is 6.93. The molecule has 0 spiro atoms. The van der Waals surface area contributed by atoms with E-state index in [4.69, 9.17) is 0 Å². The maximum Gasteiger partial charge on any atom is 0.254 e. The van der Waals surface area contributed by atoms with E-state index in [0.717, 1.165) is 31.2 Å². The second-order valence-electron chi connectivity index (χ2n) is 7.88. The maximum atomic E-state index is 13.2. The van der Waals surface area contributed by atoms with Gasteiger partial charge in [-0.3, -0.25) is 9.59 Å². The molecule has 3 fully saturated rings. The Morgan fingerprint density at radius 1 is 1.04 bits per heavy atom. The van der Waals surface area contributed by atoms with Crippen molar-refractivity contribution in [3.05, 3.63) is 35.4 Å². The van der Waals surface area contributed by atoms with Crippen molar-refractivity contribution in [3.63, 3.8) is 0 Å². The van der Waals surface area contributed by atoms with Gasteiger partial charge in [-0.2, -0.15) is 0 Å². The van der Waals surface area contributed by atoms with Crippen molar-refractivity contribution < 1.29 is 18.0 Å². The lowest BCUT2D eigenvalue weighted by atomic mass is 9.83. The van der Waals surface area contributed by atoms with E-state index in [1.54, 1.807) is 9.80 Å². The van der Waals surface area contributed by atoms with Gasteiger partial charge in [0.2, 0.25) is 5.91 Å². The fourth-order valence-corrected chi connectivity index (χ4v) is 6.54. The first-order chi connectivity index (χ1) is 12.9. The lowest BCUT2D eigenvalue weighted by Crippen LogP contribution is -2.63. The first-order valence-corrected chi connectivity index (χ1v) is 11.6. The third kappa shape index (κ3) is 3.26. The average molecular weight is 391 g/mol. The summed E-state index contributed by atoms with van der Waals surface area (Å²) >= 11 is 0. The number of carbonyl (C=O) groups is 2. The minimum Gasteiger partial charge on any atom is -0.335 e. The van der Waals surface area contributed by atoms with E-state index in [-0.39, 0.29) is 29.2 Å². The van der Waals surface area contributed by atoms with Crippen LogP contribution < -0.4 is 0 Å². The van der Waals surface area contributed by atoms with Crippen molar-refractivity contribution in [1.82, 2.24) is 9.80 Å². The fourth-order valence-electron chi connectivity index (χ4n) is 4.56. The Morgan fingerprint density at radius 2 is 1.67 bits per heavy atom. The van der Waals surface area contributed by atoms with Crippen LogP contribution in [0, 0.1) is 5.92 Å². The van der Waals surface area contributed by atoms with Gasteiger partial charge in [-0.15, -0.1) is 0 Å². The summed E-state index contributed by atoms with van der Waals surface area (Å²) in [6.07, 6.45) is 3.60. The number of rotatable bonds is 3. The zero-order valence-electron chi connectivity index (χ0n) is 15.6. The number of hydrogen-bond donors (Lipinski definition) is 0. The van der Waals surface area contributed by atoms with Gasteiger partial charge in [0.1, 0.15) is 0 Å². The molecule has 4 rings (SSSR count). The first kappa shape index (κ1) is 18.5. The van der Waals surface area contributed by atoms with Gasteiger partial charge < -0.3 is 9.80 Å². The molecule has 0 N–H and O–H groups in total. The van der Waals surface area contributed by atoms with Crippen LogP contribution in [0.3, 0.4) is 0 Å². The highest BCUT2D eigenvalue weighted by Crippen LogP contribution is 2.34. The summed E-state index contributed by atoms with van der Waals surface area (Å²) in [5.41, 5.74) is 1.61. The topological polar surface area (TPSA) is 74.8 Å². The number of piperazine rings is 1. The van der Waals surface area contributed by atoms with Gasteiger partial charge in [0.15, 0.2) is 9.84 Å². The molecule has 0 unspecified atom stereocenters. The van der Waals surface area contributed by atoms with Gasteiger partial charge in [0, 0.05) is 24.6 Å². The normalized spacial score (nSPS) is 27.1. The van der Waals surface area contributed by atoms with E-state index in [1.165, 1.54) is 0 Å². The summed E-state index contributed by atoms with van der Waals surface area (Å²) in [6, 6.07) is 6.65. The molecular weight excluding hydrogens is 364 g/mol. The summed E-state index contributed by atoms with van der Waals surface area (Å²) in [4.78, 5) is 29.5. The van der Waals surface area contributed by atoms with Crippen LogP contribution in [-0.2, 0) is 21.1 Å². The summed E-state index contributed by atoms with van der Waals surface area (Å²) < 4.78 is 24.7. The van der Waals surface area contributed by atoms with Gasteiger partial charge in [-0.1, -0.05) is 31.5 Å². The third-order valence-corrected chi connectivity index (χ3v) is 8.00. The molecule has 2 atom stereocenters. The number of nitrogens with zero attached hydrogens (tertiary/aromatic N) is 2. The largest absolute Gasteiger partial charge is 0.335 e. The molecule has 2 aliphatic heterocycles. The summed E-state index contributed by atoms with van der Waals surface area (Å²) in [7, 11) is -3.26. The van der Waals surface area contributed by atoms with E-state index in [0.29, 0.717) is 18.7 Å². The van der Waals surface area contributed by atoms with Gasteiger partial charge in [-0.05, 0) is 30.9 Å². The number of carbonyl (C=O) groups excluding carboxylic acids is 2. The fraction of sp³-hybridized carbons (Fsp3) is 0.600. The summed E-state index contributed by atoms with van der Waals surface area (Å²) in [5.74, 6) is -0.0803. The Morgan fingerprint density at radius 3 is 2.30 bits per heavy atom. The Labute approximate surface area is 160 Å². The number of hydrogen-bond acceptors (Lipinski definition) is 4. The van der Waals surface area contributed by atoms with Crippen LogP contribution in [0.25, 0.3) is 0 Å². The van der Waals surface area contributed by atoms with Crippen molar-refractivity contribution in [2.75, 3.05) is 24.6 Å². The highest BCUT2D eigenvalue weighted by atomic mass is 32.2. The molecule has 3 aliphatic rings. The quantitative estimate of drug-likeness (QED) is 0.784. The lowest BCUT2D eigenvalue weighted by Gasteiger charge is -2.46. The molecule has 7 heteroatoms. The van der Waals surface area contributed by atoms with E-state index in [1.807, 2.05) is 31.2 Å². The molecule has 1 aromatic rings. The molecule has 146 valence electrons. The van der Waals surface area contributed by atoms with Crippen LogP contribution in [0.15, 0.2) is 24.3 Å². The number of fused-ring (bicyclic) bond motifs is 1. The third-order valence-electron chi connectivity index (χ3n) is 6.30. The maximum absolute atomic E-state index is 13.2. The molecule has 1 saturated carbocycles. The van der Waals surface area contributed by atoms with E-state index < -0.39 is 21.9 Å². The molecular formula is C20H26N2O4S. The molecule has 0 aromatic heterocycles. The van der Waals surface area contributed by atoms with E-state index >= 15 is 0 Å². The molecule has 2 amide bonds. The van der Waals surface area contributed by atoms with Crippen molar-refractivity contribution in [1.29, 1.82) is 0 Å². The van der Waals surface area contributed by atoms with Crippen molar-refractivity contribution >= 4 is 21.7 Å². The van der Waals surface area contributed by atoms with Gasteiger partial charge in [-0.25, -0.2) is 8.42 Å². The molecule has 27 heavy (non-hydrogen) atoms. The van der Waals surface area contributed by atoms with E-state index in [2.05, 4.69) is 0 Å². The zero-order valence-corrected chi connectivity index (χ0v) is 16.5. The molecule has 1 aliphatic carbocycles. The molecule has 2 saturated heterocycles. The number of benzene rings is 1. The Hall–Kier alpha value is -1.89. The van der Waals surface area contributed by atoms with Crippen molar-refractivity contribution in [3.8, 4) is 0 Å². The SMILES string of the molecule is CCc1ccccc1C(=O)N1CCN(C(=O)C2CCC2)[C@@H]2CS(=O)(=O)C[C@@H]21. The summed E-state index contributed by atoms with van der Waals surface area (Å²) in [6.45, 7) is 2.82. The predicted octanol–water partition coefficient (Wildman–Crippen LogP) is 1.50. The smallest absolute Gasteiger partial charge is 0.254 e. The van der Waals surface area contributed by atoms with Crippen molar-refractivity contribution in [2.24, 2.45) is 5.92 Å². The average Bonchev–Trinajstić information content (AvgIpc) is 2.93. The predicted molar refractivity (Wildman–Crippen MR) is 102 cm³/mol. The Kier molecular flexibility index (Phi) is 4.74. The highest BCUT2D eigenvalue weighted by Gasteiger charge is 2.50. The van der Waals surface area contributed by atoms with Crippen LogP contribution in [0.5, 0.6) is 0 Å². The Balaban J connectivity index is 1.62. The van der Waals surface area contributed by atoms with Crippen LogP contribution >= 0.6 is 0 Å². The minimum absolute atomic E-state index is 0.0324. The number of sulfone groups is 1. The molecule has 0 bridgehead atoms. The van der Waals surface area contributed by atoms with Crippen LogP contribution in [-0.4, -0.2) is 66.7 Å². The number of amides is 2.